The van der Waals surface area contributed by atoms with Crippen molar-refractivity contribution in [2.75, 3.05) is 13.2 Å². The Bertz CT molecular complexity index is 264. The first-order valence-electron chi connectivity index (χ1n) is 5.42. The number of hydrogen-bond acceptors (Lipinski definition) is 3. The number of rotatable bonds is 4. The lowest BCUT2D eigenvalue weighted by Crippen LogP contribution is -2.40. The number of carbonyl (C=O) groups is 1. The Morgan fingerprint density at radius 2 is 2.20 bits per heavy atom. The van der Waals surface area contributed by atoms with Gasteiger partial charge in [-0.05, 0) is 19.8 Å². The predicted molar refractivity (Wildman–Crippen MR) is 55.8 cm³/mol. The van der Waals surface area contributed by atoms with Crippen LogP contribution < -0.4 is 5.32 Å². The Morgan fingerprint density at radius 1 is 1.60 bits per heavy atom. The molecule has 0 heterocycles. The lowest BCUT2D eigenvalue weighted by Gasteiger charge is -2.26. The fraction of sp³-hybridized carbons (Fsp3) is 0.818. The summed E-state index contributed by atoms with van der Waals surface area (Å²) in [5, 5.41) is 20.6. The van der Waals surface area contributed by atoms with E-state index in [9.17, 15) is 9.90 Å². The van der Waals surface area contributed by atoms with Gasteiger partial charge in [0.2, 0.25) is 5.91 Å². The molecule has 4 heteroatoms. The number of aliphatic hydroxyl groups excluding tert-OH is 1. The molecule has 84 valence electrons. The molecule has 0 saturated heterocycles. The topological polar surface area (TPSA) is 73.1 Å². The zero-order chi connectivity index (χ0) is 11.3. The lowest BCUT2D eigenvalue weighted by atomic mass is 9.87. The van der Waals surface area contributed by atoms with Crippen LogP contribution in [0.5, 0.6) is 0 Å². The molecular weight excluding hydrogens is 192 g/mol. The molecule has 4 nitrogen and oxygen atoms in total. The molecule has 1 atom stereocenters. The summed E-state index contributed by atoms with van der Waals surface area (Å²) in [6, 6.07) is 1.90. The number of hydrogen-bond donors (Lipinski definition) is 2. The molecule has 2 N–H and O–H groups in total. The number of carbonyl (C=O) groups excluding carboxylic acids is 1. The maximum Gasteiger partial charge on any atom is 0.237 e. The van der Waals surface area contributed by atoms with Gasteiger partial charge in [0.25, 0.3) is 0 Å². The molecule has 0 radical (unpaired) electrons. The molecule has 15 heavy (non-hydrogen) atoms. The van der Waals surface area contributed by atoms with E-state index in [1.54, 1.807) is 6.92 Å². The van der Waals surface area contributed by atoms with Crippen molar-refractivity contribution < 1.29 is 9.90 Å². The fourth-order valence-electron chi connectivity index (χ4n) is 2.00. The van der Waals surface area contributed by atoms with Crippen LogP contribution in [0, 0.1) is 22.7 Å². The van der Waals surface area contributed by atoms with E-state index >= 15 is 0 Å². The van der Waals surface area contributed by atoms with Crippen LogP contribution in [0.1, 0.15) is 32.6 Å². The van der Waals surface area contributed by atoms with E-state index in [0.717, 1.165) is 25.7 Å². The predicted octanol–water partition coefficient (Wildman–Crippen LogP) is 0.815. The minimum atomic E-state index is -0.609. The van der Waals surface area contributed by atoms with E-state index in [1.807, 2.05) is 6.07 Å². The zero-order valence-corrected chi connectivity index (χ0v) is 9.12. The van der Waals surface area contributed by atoms with Crippen LogP contribution in [0.15, 0.2) is 0 Å². The van der Waals surface area contributed by atoms with E-state index in [1.165, 1.54) is 0 Å². The SMILES string of the molecule is CC(C#N)C(=O)NCC1(CO)CCCC1. The van der Waals surface area contributed by atoms with Gasteiger partial charge in [0.15, 0.2) is 0 Å². The van der Waals surface area contributed by atoms with Crippen molar-refractivity contribution in [2.45, 2.75) is 32.6 Å². The van der Waals surface area contributed by atoms with Crippen molar-refractivity contribution in [3.05, 3.63) is 0 Å². The molecule has 1 aliphatic carbocycles. The third-order valence-electron chi connectivity index (χ3n) is 3.22. The van der Waals surface area contributed by atoms with Gasteiger partial charge in [-0.25, -0.2) is 0 Å². The Labute approximate surface area is 90.3 Å². The minimum absolute atomic E-state index is 0.119. The van der Waals surface area contributed by atoms with Crippen LogP contribution in [0.3, 0.4) is 0 Å². The molecule has 1 fully saturated rings. The van der Waals surface area contributed by atoms with Gasteiger partial charge in [-0.1, -0.05) is 12.8 Å². The second kappa shape index (κ2) is 5.13. The second-order valence-electron chi connectivity index (χ2n) is 4.43. The van der Waals surface area contributed by atoms with Crippen molar-refractivity contribution in [3.63, 3.8) is 0 Å². The lowest BCUT2D eigenvalue weighted by molar-refractivity contribution is -0.123. The average Bonchev–Trinajstić information content (AvgIpc) is 2.74. The van der Waals surface area contributed by atoms with Gasteiger partial charge in [-0.15, -0.1) is 0 Å². The molecule has 1 rings (SSSR count). The van der Waals surface area contributed by atoms with Crippen molar-refractivity contribution in [1.29, 1.82) is 5.26 Å². The third-order valence-corrected chi connectivity index (χ3v) is 3.22. The molecule has 0 aromatic rings. The van der Waals surface area contributed by atoms with Gasteiger partial charge in [0.05, 0.1) is 12.7 Å². The van der Waals surface area contributed by atoms with Gasteiger partial charge in [0, 0.05) is 12.0 Å². The van der Waals surface area contributed by atoms with Crippen molar-refractivity contribution in [3.8, 4) is 6.07 Å². The number of nitrogens with one attached hydrogen (secondary N) is 1. The highest BCUT2D eigenvalue weighted by Gasteiger charge is 2.33. The van der Waals surface area contributed by atoms with Crippen molar-refractivity contribution in [1.82, 2.24) is 5.32 Å². The van der Waals surface area contributed by atoms with Crippen molar-refractivity contribution >= 4 is 5.91 Å². The molecule has 0 aromatic carbocycles. The molecule has 0 aromatic heterocycles. The summed E-state index contributed by atoms with van der Waals surface area (Å²) in [5.41, 5.74) is -0.134. The third kappa shape index (κ3) is 2.93. The first-order chi connectivity index (χ1) is 7.13. The molecule has 1 amide bonds. The quantitative estimate of drug-likeness (QED) is 0.721. The summed E-state index contributed by atoms with van der Waals surface area (Å²) < 4.78 is 0. The molecular formula is C11H18N2O2. The fourth-order valence-corrected chi connectivity index (χ4v) is 2.00. The summed E-state index contributed by atoms with van der Waals surface area (Å²) in [6.45, 7) is 2.19. The second-order valence-corrected chi connectivity index (χ2v) is 4.43. The number of nitrogens with zero attached hydrogens (tertiary/aromatic N) is 1. The van der Waals surface area contributed by atoms with E-state index in [4.69, 9.17) is 5.26 Å². The van der Waals surface area contributed by atoms with Crippen LogP contribution in [0.4, 0.5) is 0 Å². The highest BCUT2D eigenvalue weighted by molar-refractivity contribution is 5.80. The molecule has 1 saturated carbocycles. The highest BCUT2D eigenvalue weighted by atomic mass is 16.3. The normalized spacial score (nSPS) is 20.6. The Balaban J connectivity index is 2.41. The number of nitriles is 1. The number of amides is 1. The Kier molecular flexibility index (Phi) is 4.10. The maximum absolute atomic E-state index is 11.4. The molecule has 0 bridgehead atoms. The Morgan fingerprint density at radius 3 is 2.67 bits per heavy atom. The van der Waals surface area contributed by atoms with E-state index < -0.39 is 5.92 Å². The van der Waals surface area contributed by atoms with E-state index in [2.05, 4.69) is 5.32 Å². The first kappa shape index (κ1) is 12.0. The summed E-state index contributed by atoms with van der Waals surface area (Å²) in [5.74, 6) is -0.848. The van der Waals surface area contributed by atoms with E-state index in [0.29, 0.717) is 6.54 Å². The standard InChI is InChI=1S/C11H18N2O2/c1-9(6-12)10(15)13-7-11(8-14)4-2-3-5-11/h9,14H,2-5,7-8H2,1H3,(H,13,15). The van der Waals surface area contributed by atoms with Crippen LogP contribution in [0.2, 0.25) is 0 Å². The highest BCUT2D eigenvalue weighted by Crippen LogP contribution is 2.36. The first-order valence-corrected chi connectivity index (χ1v) is 5.42. The summed E-state index contributed by atoms with van der Waals surface area (Å²) in [7, 11) is 0. The summed E-state index contributed by atoms with van der Waals surface area (Å²) in [4.78, 5) is 11.4. The number of aliphatic hydroxyl groups is 1. The molecule has 1 unspecified atom stereocenters. The largest absolute Gasteiger partial charge is 0.396 e. The van der Waals surface area contributed by atoms with Crippen LogP contribution in [-0.4, -0.2) is 24.2 Å². The van der Waals surface area contributed by atoms with Crippen LogP contribution >= 0.6 is 0 Å². The van der Waals surface area contributed by atoms with Gasteiger partial charge in [-0.3, -0.25) is 4.79 Å². The summed E-state index contributed by atoms with van der Waals surface area (Å²) in [6.07, 6.45) is 4.16. The monoisotopic (exact) mass is 210 g/mol. The van der Waals surface area contributed by atoms with Gasteiger partial charge in [0.1, 0.15) is 5.92 Å². The molecule has 1 aliphatic rings. The van der Waals surface area contributed by atoms with E-state index in [-0.39, 0.29) is 17.9 Å². The molecule has 0 aliphatic heterocycles. The maximum atomic E-state index is 11.4. The van der Waals surface area contributed by atoms with Gasteiger partial charge < -0.3 is 10.4 Å². The van der Waals surface area contributed by atoms with Gasteiger partial charge in [-0.2, -0.15) is 5.26 Å². The molecule has 0 spiro atoms. The Hall–Kier alpha value is -1.08. The average molecular weight is 210 g/mol. The minimum Gasteiger partial charge on any atom is -0.396 e. The van der Waals surface area contributed by atoms with Gasteiger partial charge >= 0.3 is 0 Å². The van der Waals surface area contributed by atoms with Crippen molar-refractivity contribution in [2.24, 2.45) is 11.3 Å². The van der Waals surface area contributed by atoms with Crippen LogP contribution in [0.25, 0.3) is 0 Å². The zero-order valence-electron chi connectivity index (χ0n) is 9.12. The van der Waals surface area contributed by atoms with Crippen LogP contribution in [-0.2, 0) is 4.79 Å². The summed E-state index contributed by atoms with van der Waals surface area (Å²) >= 11 is 0. The smallest absolute Gasteiger partial charge is 0.237 e.